The van der Waals surface area contributed by atoms with Gasteiger partial charge in [0.05, 0.1) is 11.7 Å². The lowest BCUT2D eigenvalue weighted by molar-refractivity contribution is 0.311. The minimum Gasteiger partial charge on any atom is -0.367 e. The molecule has 16 heavy (non-hydrogen) atoms. The quantitative estimate of drug-likeness (QED) is 0.542. The number of epoxide rings is 1. The summed E-state index contributed by atoms with van der Waals surface area (Å²) < 4.78 is 5.61. The van der Waals surface area contributed by atoms with Crippen molar-refractivity contribution < 1.29 is 4.74 Å². The van der Waals surface area contributed by atoms with E-state index in [1.807, 2.05) is 0 Å². The first kappa shape index (κ1) is 14.0. The molecular formula is C15H30O. The van der Waals surface area contributed by atoms with Crippen LogP contribution in [0, 0.1) is 11.8 Å². The molecule has 0 spiro atoms. The first-order chi connectivity index (χ1) is 7.45. The van der Waals surface area contributed by atoms with Gasteiger partial charge in [-0.05, 0) is 38.5 Å². The van der Waals surface area contributed by atoms with Gasteiger partial charge in [0.15, 0.2) is 0 Å². The van der Waals surface area contributed by atoms with Gasteiger partial charge in [-0.25, -0.2) is 0 Å². The van der Waals surface area contributed by atoms with E-state index >= 15 is 0 Å². The van der Waals surface area contributed by atoms with Crippen LogP contribution in [-0.2, 0) is 4.74 Å². The molecular weight excluding hydrogens is 196 g/mol. The van der Waals surface area contributed by atoms with Gasteiger partial charge < -0.3 is 4.74 Å². The zero-order valence-corrected chi connectivity index (χ0v) is 11.9. The predicted octanol–water partition coefficient (Wildman–Crippen LogP) is 4.80. The van der Waals surface area contributed by atoms with Crippen molar-refractivity contribution in [2.45, 2.75) is 84.8 Å². The Morgan fingerprint density at radius 3 is 2.12 bits per heavy atom. The van der Waals surface area contributed by atoms with Gasteiger partial charge in [0, 0.05) is 0 Å². The van der Waals surface area contributed by atoms with Gasteiger partial charge in [-0.3, -0.25) is 0 Å². The summed E-state index contributed by atoms with van der Waals surface area (Å²) >= 11 is 0. The highest BCUT2D eigenvalue weighted by Gasteiger charge is 2.46. The van der Waals surface area contributed by atoms with Gasteiger partial charge in [0.1, 0.15) is 0 Å². The first-order valence-electron chi connectivity index (χ1n) is 7.13. The highest BCUT2D eigenvalue weighted by atomic mass is 16.6. The SMILES string of the molecule is CC[C@@H](C)CCC[C@@H](C)CCC1OC1(C)C. The molecule has 0 bridgehead atoms. The second-order valence-electron chi connectivity index (χ2n) is 6.34. The summed E-state index contributed by atoms with van der Waals surface area (Å²) in [7, 11) is 0. The Labute approximate surface area is 102 Å². The highest BCUT2D eigenvalue weighted by molar-refractivity contribution is 4.94. The summed E-state index contributed by atoms with van der Waals surface area (Å²) in [5, 5.41) is 0. The Hall–Kier alpha value is -0.0400. The van der Waals surface area contributed by atoms with E-state index in [1.165, 1.54) is 38.5 Å². The summed E-state index contributed by atoms with van der Waals surface area (Å²) in [5.41, 5.74) is 0.191. The number of hydrogen-bond donors (Lipinski definition) is 0. The Morgan fingerprint density at radius 1 is 1.06 bits per heavy atom. The van der Waals surface area contributed by atoms with Crippen LogP contribution in [0.1, 0.15) is 73.1 Å². The second-order valence-corrected chi connectivity index (χ2v) is 6.34. The van der Waals surface area contributed by atoms with Crippen LogP contribution in [0.15, 0.2) is 0 Å². The standard InChI is InChI=1S/C15H30O/c1-6-12(2)8-7-9-13(3)10-11-14-15(4,5)16-14/h12-14H,6-11H2,1-5H3/t12-,13-,14?/m1/s1. The van der Waals surface area contributed by atoms with Gasteiger partial charge in [-0.2, -0.15) is 0 Å². The molecule has 0 aromatic heterocycles. The third-order valence-corrected chi connectivity index (χ3v) is 4.18. The molecule has 96 valence electrons. The van der Waals surface area contributed by atoms with Crippen LogP contribution in [0.4, 0.5) is 0 Å². The van der Waals surface area contributed by atoms with E-state index in [4.69, 9.17) is 4.74 Å². The smallest absolute Gasteiger partial charge is 0.0892 e. The van der Waals surface area contributed by atoms with Crippen LogP contribution in [0.2, 0.25) is 0 Å². The van der Waals surface area contributed by atoms with Crippen LogP contribution in [0.25, 0.3) is 0 Å². The lowest BCUT2D eigenvalue weighted by Crippen LogP contribution is -2.05. The topological polar surface area (TPSA) is 12.5 Å². The van der Waals surface area contributed by atoms with Crippen molar-refractivity contribution in [3.05, 3.63) is 0 Å². The fourth-order valence-electron chi connectivity index (χ4n) is 2.34. The van der Waals surface area contributed by atoms with Crippen LogP contribution in [0.5, 0.6) is 0 Å². The lowest BCUT2D eigenvalue weighted by atomic mass is 9.93. The molecule has 0 aliphatic carbocycles. The summed E-state index contributed by atoms with van der Waals surface area (Å²) in [5.74, 6) is 1.79. The van der Waals surface area contributed by atoms with Crippen molar-refractivity contribution in [1.82, 2.24) is 0 Å². The van der Waals surface area contributed by atoms with Crippen LogP contribution in [0.3, 0.4) is 0 Å². The molecule has 1 heteroatoms. The first-order valence-corrected chi connectivity index (χ1v) is 7.13. The Morgan fingerprint density at radius 2 is 1.62 bits per heavy atom. The second kappa shape index (κ2) is 6.05. The predicted molar refractivity (Wildman–Crippen MR) is 70.7 cm³/mol. The van der Waals surface area contributed by atoms with Crippen LogP contribution < -0.4 is 0 Å². The van der Waals surface area contributed by atoms with Crippen LogP contribution in [-0.4, -0.2) is 11.7 Å². The van der Waals surface area contributed by atoms with Crippen molar-refractivity contribution in [2.75, 3.05) is 0 Å². The molecule has 1 rings (SSSR count). The van der Waals surface area contributed by atoms with Gasteiger partial charge in [0.2, 0.25) is 0 Å². The minimum atomic E-state index is 0.191. The average Bonchev–Trinajstić information content (AvgIpc) is 2.83. The van der Waals surface area contributed by atoms with E-state index in [9.17, 15) is 0 Å². The molecule has 0 aromatic carbocycles. The van der Waals surface area contributed by atoms with E-state index < -0.39 is 0 Å². The summed E-state index contributed by atoms with van der Waals surface area (Å²) in [6, 6.07) is 0. The van der Waals surface area contributed by atoms with E-state index in [0.717, 1.165) is 11.8 Å². The molecule has 0 radical (unpaired) electrons. The van der Waals surface area contributed by atoms with Crippen molar-refractivity contribution in [3.8, 4) is 0 Å². The maximum atomic E-state index is 5.61. The van der Waals surface area contributed by atoms with Crippen molar-refractivity contribution >= 4 is 0 Å². The van der Waals surface area contributed by atoms with Crippen molar-refractivity contribution in [2.24, 2.45) is 11.8 Å². The zero-order valence-electron chi connectivity index (χ0n) is 11.9. The molecule has 1 heterocycles. The molecule has 0 saturated carbocycles. The number of rotatable bonds is 8. The van der Waals surface area contributed by atoms with Gasteiger partial charge >= 0.3 is 0 Å². The molecule has 1 unspecified atom stereocenters. The van der Waals surface area contributed by atoms with Crippen molar-refractivity contribution in [3.63, 3.8) is 0 Å². The normalized spacial score (nSPS) is 26.4. The average molecular weight is 226 g/mol. The molecule has 1 aliphatic rings. The van der Waals surface area contributed by atoms with Gasteiger partial charge in [-0.1, -0.05) is 46.5 Å². The van der Waals surface area contributed by atoms with Gasteiger partial charge in [0.25, 0.3) is 0 Å². The summed E-state index contributed by atoms with van der Waals surface area (Å²) in [6.45, 7) is 11.5. The van der Waals surface area contributed by atoms with E-state index in [0.29, 0.717) is 6.10 Å². The molecule has 0 aromatic rings. The number of hydrogen-bond acceptors (Lipinski definition) is 1. The number of ether oxygens (including phenoxy) is 1. The van der Waals surface area contributed by atoms with E-state index in [1.54, 1.807) is 0 Å². The Bertz CT molecular complexity index is 198. The molecule has 1 aliphatic heterocycles. The molecule has 1 nitrogen and oxygen atoms in total. The van der Waals surface area contributed by atoms with Gasteiger partial charge in [-0.15, -0.1) is 0 Å². The van der Waals surface area contributed by atoms with E-state index in [-0.39, 0.29) is 5.60 Å². The maximum absolute atomic E-state index is 5.61. The molecule has 0 N–H and O–H groups in total. The zero-order chi connectivity index (χ0) is 12.2. The summed E-state index contributed by atoms with van der Waals surface area (Å²) in [6.07, 6.45) is 8.70. The third-order valence-electron chi connectivity index (χ3n) is 4.18. The Balaban J connectivity index is 1.97. The minimum absolute atomic E-state index is 0.191. The Kier molecular flexibility index (Phi) is 5.30. The largest absolute Gasteiger partial charge is 0.367 e. The molecule has 0 amide bonds. The fourth-order valence-corrected chi connectivity index (χ4v) is 2.34. The third kappa shape index (κ3) is 4.86. The monoisotopic (exact) mass is 226 g/mol. The molecule has 1 saturated heterocycles. The molecule has 1 fully saturated rings. The highest BCUT2D eigenvalue weighted by Crippen LogP contribution is 2.39. The maximum Gasteiger partial charge on any atom is 0.0892 e. The van der Waals surface area contributed by atoms with E-state index in [2.05, 4.69) is 34.6 Å². The van der Waals surface area contributed by atoms with Crippen LogP contribution >= 0.6 is 0 Å². The molecule has 3 atom stereocenters. The summed E-state index contributed by atoms with van der Waals surface area (Å²) in [4.78, 5) is 0. The van der Waals surface area contributed by atoms with Crippen molar-refractivity contribution in [1.29, 1.82) is 0 Å². The lowest BCUT2D eigenvalue weighted by Gasteiger charge is -2.12. The fraction of sp³-hybridized carbons (Fsp3) is 1.00.